The molecule has 37 heavy (non-hydrogen) atoms. The van der Waals surface area contributed by atoms with Gasteiger partial charge in [-0.25, -0.2) is 0 Å². The number of alkyl halides is 3. The number of halogens is 3. The first-order valence-electron chi connectivity index (χ1n) is 12.4. The summed E-state index contributed by atoms with van der Waals surface area (Å²) in [5.41, 5.74) is 3.23. The van der Waals surface area contributed by atoms with Gasteiger partial charge in [-0.3, -0.25) is 4.79 Å². The third-order valence-corrected chi connectivity index (χ3v) is 6.58. The van der Waals surface area contributed by atoms with Crippen LogP contribution in [0.25, 0.3) is 10.8 Å². The Labute approximate surface area is 215 Å². The monoisotopic (exact) mass is 504 g/mol. The number of nitrogens with one attached hydrogen (secondary N) is 1. The summed E-state index contributed by atoms with van der Waals surface area (Å²) in [7, 11) is 0. The van der Waals surface area contributed by atoms with Crippen molar-refractivity contribution in [2.24, 2.45) is 0 Å². The van der Waals surface area contributed by atoms with Gasteiger partial charge in [-0.05, 0) is 53.4 Å². The number of benzene rings is 4. The normalized spacial score (nSPS) is 12.5. The molecule has 3 nitrogen and oxygen atoms in total. The van der Waals surface area contributed by atoms with Crippen molar-refractivity contribution in [3.05, 3.63) is 119 Å². The van der Waals surface area contributed by atoms with Crippen LogP contribution in [0.4, 0.5) is 13.2 Å². The lowest BCUT2D eigenvalue weighted by Crippen LogP contribution is -2.33. The zero-order valence-corrected chi connectivity index (χ0v) is 21.1. The van der Waals surface area contributed by atoms with E-state index in [4.69, 9.17) is 0 Å². The first-order valence-corrected chi connectivity index (χ1v) is 12.4. The van der Waals surface area contributed by atoms with Crippen LogP contribution in [0.1, 0.15) is 47.2 Å². The Hall–Kier alpha value is -3.64. The Kier molecular flexibility index (Phi) is 8.29. The molecule has 0 heterocycles. The van der Waals surface area contributed by atoms with Gasteiger partial charge in [0, 0.05) is 32.1 Å². The van der Waals surface area contributed by atoms with Gasteiger partial charge < -0.3 is 10.2 Å². The Bertz CT molecular complexity index is 1330. The van der Waals surface area contributed by atoms with Gasteiger partial charge in [-0.2, -0.15) is 13.2 Å². The lowest BCUT2D eigenvalue weighted by molar-refractivity contribution is -0.137. The third-order valence-electron chi connectivity index (χ3n) is 6.58. The first-order chi connectivity index (χ1) is 17.7. The maximum absolute atomic E-state index is 13.3. The summed E-state index contributed by atoms with van der Waals surface area (Å²) in [5, 5.41) is 5.82. The van der Waals surface area contributed by atoms with E-state index in [2.05, 4.69) is 36.5 Å². The molecule has 1 atom stereocenters. The molecule has 4 rings (SSSR count). The van der Waals surface area contributed by atoms with Crippen molar-refractivity contribution in [2.45, 2.75) is 45.6 Å². The highest BCUT2D eigenvalue weighted by molar-refractivity contribution is 5.86. The SMILES string of the molecule is Cc1ccc(CN(Cc2ccc(C(F)(F)F)cc2)C(=O)CCN[C@H](C)c2cccc3ccccc23)cc1. The zero-order valence-electron chi connectivity index (χ0n) is 21.1. The van der Waals surface area contributed by atoms with Gasteiger partial charge in [0.15, 0.2) is 0 Å². The van der Waals surface area contributed by atoms with Crippen LogP contribution in [-0.2, 0) is 24.1 Å². The molecule has 0 unspecified atom stereocenters. The molecule has 0 aromatic heterocycles. The van der Waals surface area contributed by atoms with Crippen LogP contribution >= 0.6 is 0 Å². The molecule has 0 radical (unpaired) electrons. The number of rotatable bonds is 9. The fourth-order valence-corrected chi connectivity index (χ4v) is 4.46. The summed E-state index contributed by atoms with van der Waals surface area (Å²) in [5.74, 6) is -0.0573. The van der Waals surface area contributed by atoms with Gasteiger partial charge in [0.1, 0.15) is 0 Å². The smallest absolute Gasteiger partial charge is 0.334 e. The van der Waals surface area contributed by atoms with Gasteiger partial charge in [0.2, 0.25) is 5.91 Å². The molecule has 4 aromatic carbocycles. The molecule has 1 N–H and O–H groups in total. The van der Waals surface area contributed by atoms with Crippen LogP contribution in [0.15, 0.2) is 91.0 Å². The molecular weight excluding hydrogens is 473 g/mol. The highest BCUT2D eigenvalue weighted by Gasteiger charge is 2.30. The Morgan fingerprint density at radius 1 is 0.838 bits per heavy atom. The van der Waals surface area contributed by atoms with Crippen molar-refractivity contribution in [3.63, 3.8) is 0 Å². The fraction of sp³-hybridized carbons (Fsp3) is 0.258. The molecule has 0 aliphatic rings. The average molecular weight is 505 g/mol. The number of nitrogens with zero attached hydrogens (tertiary/aromatic N) is 1. The van der Waals surface area contributed by atoms with Crippen LogP contribution in [0, 0.1) is 6.92 Å². The number of amides is 1. The lowest BCUT2D eigenvalue weighted by Gasteiger charge is -2.24. The van der Waals surface area contributed by atoms with E-state index in [9.17, 15) is 18.0 Å². The molecule has 0 aliphatic heterocycles. The minimum Gasteiger partial charge on any atom is -0.334 e. The number of fused-ring (bicyclic) bond motifs is 1. The van der Waals surface area contributed by atoms with Crippen LogP contribution in [0.5, 0.6) is 0 Å². The van der Waals surface area contributed by atoms with E-state index in [1.54, 1.807) is 4.90 Å². The second-order valence-corrected chi connectivity index (χ2v) is 9.42. The maximum Gasteiger partial charge on any atom is 0.416 e. The van der Waals surface area contributed by atoms with Crippen LogP contribution < -0.4 is 5.32 Å². The summed E-state index contributed by atoms with van der Waals surface area (Å²) in [6.07, 6.45) is -4.11. The Morgan fingerprint density at radius 2 is 1.43 bits per heavy atom. The van der Waals surface area contributed by atoms with Gasteiger partial charge >= 0.3 is 6.18 Å². The van der Waals surface area contributed by atoms with Crippen LogP contribution in [0.2, 0.25) is 0 Å². The molecular formula is C31H31F3N2O. The summed E-state index contributed by atoms with van der Waals surface area (Å²) < 4.78 is 38.9. The Morgan fingerprint density at radius 3 is 2.08 bits per heavy atom. The van der Waals surface area contributed by atoms with E-state index in [1.165, 1.54) is 28.5 Å². The standard InChI is InChI=1S/C31H31F3N2O/c1-22-10-12-24(13-11-22)20-36(21-25-14-16-27(17-15-25)31(32,33)34)30(37)18-19-35-23(2)28-9-5-7-26-6-3-4-8-29(26)28/h3-17,23,35H,18-21H2,1-2H3/t23-/m1/s1. The molecule has 4 aromatic rings. The summed E-state index contributed by atoms with van der Waals surface area (Å²) >= 11 is 0. The summed E-state index contributed by atoms with van der Waals surface area (Å²) in [4.78, 5) is 15.0. The number of aryl methyl sites for hydroxylation is 1. The van der Waals surface area contributed by atoms with Crippen molar-refractivity contribution < 1.29 is 18.0 Å². The second-order valence-electron chi connectivity index (χ2n) is 9.42. The molecule has 0 aliphatic carbocycles. The van der Waals surface area contributed by atoms with Crippen LogP contribution in [-0.4, -0.2) is 17.4 Å². The predicted octanol–water partition coefficient (Wildman–Crippen LogP) is 7.44. The largest absolute Gasteiger partial charge is 0.416 e. The average Bonchev–Trinajstić information content (AvgIpc) is 2.89. The summed E-state index contributed by atoms with van der Waals surface area (Å²) in [6.45, 7) is 5.19. The number of carbonyl (C=O) groups excluding carboxylic acids is 1. The van der Waals surface area contributed by atoms with E-state index >= 15 is 0 Å². The van der Waals surface area contributed by atoms with E-state index in [0.29, 0.717) is 18.7 Å². The molecule has 192 valence electrons. The number of carbonyl (C=O) groups is 1. The quantitative estimate of drug-likeness (QED) is 0.257. The predicted molar refractivity (Wildman–Crippen MR) is 142 cm³/mol. The highest BCUT2D eigenvalue weighted by Crippen LogP contribution is 2.29. The van der Waals surface area contributed by atoms with Crippen LogP contribution in [0.3, 0.4) is 0 Å². The van der Waals surface area contributed by atoms with Crippen molar-refractivity contribution in [3.8, 4) is 0 Å². The highest BCUT2D eigenvalue weighted by atomic mass is 19.4. The van der Waals surface area contributed by atoms with E-state index < -0.39 is 11.7 Å². The van der Waals surface area contributed by atoms with Crippen molar-refractivity contribution >= 4 is 16.7 Å². The van der Waals surface area contributed by atoms with E-state index in [1.807, 2.05) is 49.4 Å². The Balaban J connectivity index is 1.43. The second kappa shape index (κ2) is 11.6. The lowest BCUT2D eigenvalue weighted by atomic mass is 9.99. The van der Waals surface area contributed by atoms with Crippen molar-refractivity contribution in [1.29, 1.82) is 0 Å². The minimum atomic E-state index is -4.39. The molecule has 1 amide bonds. The third kappa shape index (κ3) is 6.98. The van der Waals surface area contributed by atoms with E-state index in [-0.39, 0.29) is 24.9 Å². The van der Waals surface area contributed by atoms with Gasteiger partial charge in [0.05, 0.1) is 5.56 Å². The molecule has 6 heteroatoms. The molecule has 0 saturated carbocycles. The van der Waals surface area contributed by atoms with Crippen molar-refractivity contribution in [1.82, 2.24) is 10.2 Å². The first kappa shape index (κ1) is 26.4. The summed E-state index contributed by atoms with van der Waals surface area (Å²) in [6, 6.07) is 27.4. The number of hydrogen-bond donors (Lipinski definition) is 1. The zero-order chi connectivity index (χ0) is 26.4. The van der Waals surface area contributed by atoms with Gasteiger partial charge in [0.25, 0.3) is 0 Å². The van der Waals surface area contributed by atoms with E-state index in [0.717, 1.165) is 23.3 Å². The topological polar surface area (TPSA) is 32.3 Å². The molecule has 0 fully saturated rings. The molecule has 0 bridgehead atoms. The minimum absolute atomic E-state index is 0.0550. The molecule has 0 saturated heterocycles. The molecule has 0 spiro atoms. The maximum atomic E-state index is 13.3. The van der Waals surface area contributed by atoms with Gasteiger partial charge in [-0.15, -0.1) is 0 Å². The van der Waals surface area contributed by atoms with Crippen molar-refractivity contribution in [2.75, 3.05) is 6.54 Å². The fourth-order valence-electron chi connectivity index (χ4n) is 4.46. The number of hydrogen-bond acceptors (Lipinski definition) is 2. The van der Waals surface area contributed by atoms with Gasteiger partial charge in [-0.1, -0.05) is 84.4 Å².